The Morgan fingerprint density at radius 3 is 2.27 bits per heavy atom. The van der Waals surface area contributed by atoms with Gasteiger partial charge in [-0.15, -0.1) is 0 Å². The Bertz CT molecular complexity index is 160. The normalized spacial score (nSPS) is 20.2. The molecule has 0 aromatic rings. The maximum atomic E-state index is 5.69. The molecular weight excluding hydrogens is 186 g/mol. The molecule has 1 N–H and O–H groups in total. The Morgan fingerprint density at radius 1 is 1.13 bits per heavy atom. The summed E-state index contributed by atoms with van der Waals surface area (Å²) in [6.07, 6.45) is 8.34. The fraction of sp³-hybridized carbons (Fsp3) is 1.00. The molecule has 0 unspecified atom stereocenters. The van der Waals surface area contributed by atoms with Crippen molar-refractivity contribution in [1.82, 2.24) is 5.32 Å². The van der Waals surface area contributed by atoms with Gasteiger partial charge in [-0.05, 0) is 33.6 Å². The minimum atomic E-state index is -0.0128. The van der Waals surface area contributed by atoms with Crippen LogP contribution >= 0.6 is 0 Å². The molecule has 1 rings (SSSR count). The molecule has 1 aliphatic carbocycles. The van der Waals surface area contributed by atoms with Crippen LogP contribution < -0.4 is 5.32 Å². The summed E-state index contributed by atoms with van der Waals surface area (Å²) in [7, 11) is 0. The molecule has 0 heterocycles. The molecule has 0 bridgehead atoms. The van der Waals surface area contributed by atoms with Gasteiger partial charge >= 0.3 is 0 Å². The number of nitrogens with one attached hydrogen (secondary N) is 1. The molecule has 1 saturated carbocycles. The molecule has 90 valence electrons. The fourth-order valence-corrected chi connectivity index (χ4v) is 2.32. The summed E-state index contributed by atoms with van der Waals surface area (Å²) in [5.41, 5.74) is -0.0128. The van der Waals surface area contributed by atoms with Crippen LogP contribution in [0, 0.1) is 0 Å². The van der Waals surface area contributed by atoms with Crippen molar-refractivity contribution in [1.29, 1.82) is 0 Å². The lowest BCUT2D eigenvalue weighted by molar-refractivity contribution is -0.0108. The van der Waals surface area contributed by atoms with Crippen LogP contribution in [0.5, 0.6) is 0 Å². The summed E-state index contributed by atoms with van der Waals surface area (Å²) < 4.78 is 5.69. The molecule has 0 spiro atoms. The van der Waals surface area contributed by atoms with E-state index in [0.717, 1.165) is 19.2 Å². The van der Waals surface area contributed by atoms with Gasteiger partial charge in [0.2, 0.25) is 0 Å². The average molecular weight is 213 g/mol. The first-order valence-electron chi connectivity index (χ1n) is 6.51. The van der Waals surface area contributed by atoms with Crippen molar-refractivity contribution in [3.8, 4) is 0 Å². The van der Waals surface area contributed by atoms with E-state index in [0.29, 0.717) is 0 Å². The second-order valence-electron chi connectivity index (χ2n) is 5.26. The van der Waals surface area contributed by atoms with Crippen LogP contribution in [0.15, 0.2) is 0 Å². The molecule has 1 aliphatic rings. The first-order chi connectivity index (χ1) is 7.14. The Morgan fingerprint density at radius 2 is 1.73 bits per heavy atom. The average Bonchev–Trinajstić information content (AvgIpc) is 2.43. The third-order valence-corrected chi connectivity index (χ3v) is 3.21. The predicted molar refractivity (Wildman–Crippen MR) is 65.2 cm³/mol. The third-order valence-electron chi connectivity index (χ3n) is 3.21. The molecule has 0 aromatic heterocycles. The van der Waals surface area contributed by atoms with Crippen LogP contribution in [0.3, 0.4) is 0 Å². The zero-order chi connectivity index (χ0) is 11.1. The number of ether oxygens (including phenoxy) is 1. The second-order valence-corrected chi connectivity index (χ2v) is 5.26. The van der Waals surface area contributed by atoms with E-state index >= 15 is 0 Å². The van der Waals surface area contributed by atoms with Gasteiger partial charge in [-0.3, -0.25) is 0 Å². The molecule has 0 amide bonds. The highest BCUT2D eigenvalue weighted by Crippen LogP contribution is 2.18. The van der Waals surface area contributed by atoms with Crippen LogP contribution in [-0.4, -0.2) is 24.8 Å². The van der Waals surface area contributed by atoms with Gasteiger partial charge in [0.25, 0.3) is 0 Å². The van der Waals surface area contributed by atoms with Crippen molar-refractivity contribution < 1.29 is 4.74 Å². The fourth-order valence-electron chi connectivity index (χ4n) is 2.32. The molecule has 15 heavy (non-hydrogen) atoms. The maximum Gasteiger partial charge on any atom is 0.0750 e. The van der Waals surface area contributed by atoms with Crippen molar-refractivity contribution in [2.75, 3.05) is 13.2 Å². The Hall–Kier alpha value is -0.0800. The van der Waals surface area contributed by atoms with E-state index < -0.39 is 0 Å². The first-order valence-corrected chi connectivity index (χ1v) is 6.51. The van der Waals surface area contributed by atoms with E-state index in [-0.39, 0.29) is 5.60 Å². The van der Waals surface area contributed by atoms with Crippen LogP contribution in [0.4, 0.5) is 0 Å². The molecule has 0 saturated heterocycles. The summed E-state index contributed by atoms with van der Waals surface area (Å²) >= 11 is 0. The Kier molecular flexibility index (Phi) is 5.62. The van der Waals surface area contributed by atoms with E-state index in [1.165, 1.54) is 38.5 Å². The zero-order valence-corrected chi connectivity index (χ0v) is 10.6. The SMILES string of the molecule is CCOC(C)(C)CNC1CCCCCC1. The van der Waals surface area contributed by atoms with Crippen LogP contribution in [0.2, 0.25) is 0 Å². The lowest BCUT2D eigenvalue weighted by atomic mass is 10.1. The van der Waals surface area contributed by atoms with Gasteiger partial charge in [0.05, 0.1) is 5.60 Å². The molecule has 0 radical (unpaired) electrons. The minimum Gasteiger partial charge on any atom is -0.375 e. The van der Waals surface area contributed by atoms with Gasteiger partial charge in [-0.1, -0.05) is 25.7 Å². The molecular formula is C13H27NO. The van der Waals surface area contributed by atoms with Crippen LogP contribution in [0.1, 0.15) is 59.3 Å². The molecule has 2 heteroatoms. The lowest BCUT2D eigenvalue weighted by Crippen LogP contribution is -2.42. The van der Waals surface area contributed by atoms with Crippen molar-refractivity contribution in [3.63, 3.8) is 0 Å². The quantitative estimate of drug-likeness (QED) is 0.709. The monoisotopic (exact) mass is 213 g/mol. The number of hydrogen-bond donors (Lipinski definition) is 1. The number of rotatable bonds is 5. The van der Waals surface area contributed by atoms with E-state index in [9.17, 15) is 0 Å². The van der Waals surface area contributed by atoms with Crippen LogP contribution in [-0.2, 0) is 4.74 Å². The van der Waals surface area contributed by atoms with Crippen molar-refractivity contribution in [3.05, 3.63) is 0 Å². The van der Waals surface area contributed by atoms with Crippen molar-refractivity contribution in [2.24, 2.45) is 0 Å². The first kappa shape index (κ1) is 13.0. The molecule has 0 aliphatic heterocycles. The number of hydrogen-bond acceptors (Lipinski definition) is 2. The zero-order valence-electron chi connectivity index (χ0n) is 10.6. The summed E-state index contributed by atoms with van der Waals surface area (Å²) in [5.74, 6) is 0. The van der Waals surface area contributed by atoms with E-state index in [1.807, 2.05) is 0 Å². The summed E-state index contributed by atoms with van der Waals surface area (Å²) in [6, 6.07) is 0.729. The smallest absolute Gasteiger partial charge is 0.0750 e. The van der Waals surface area contributed by atoms with Gasteiger partial charge in [-0.25, -0.2) is 0 Å². The van der Waals surface area contributed by atoms with E-state index in [4.69, 9.17) is 4.74 Å². The standard InChI is InChI=1S/C13H27NO/c1-4-15-13(2,3)11-14-12-9-7-5-6-8-10-12/h12,14H,4-11H2,1-3H3. The van der Waals surface area contributed by atoms with Gasteiger partial charge in [-0.2, -0.15) is 0 Å². The van der Waals surface area contributed by atoms with Crippen molar-refractivity contribution >= 4 is 0 Å². The maximum absolute atomic E-state index is 5.69. The van der Waals surface area contributed by atoms with Gasteiger partial charge < -0.3 is 10.1 Å². The highest BCUT2D eigenvalue weighted by Gasteiger charge is 2.20. The minimum absolute atomic E-state index is 0.0128. The Labute approximate surface area is 94.8 Å². The summed E-state index contributed by atoms with van der Waals surface area (Å²) in [5, 5.41) is 3.66. The highest BCUT2D eigenvalue weighted by atomic mass is 16.5. The lowest BCUT2D eigenvalue weighted by Gasteiger charge is -2.28. The largest absolute Gasteiger partial charge is 0.375 e. The Balaban J connectivity index is 2.22. The van der Waals surface area contributed by atoms with Gasteiger partial charge in [0, 0.05) is 19.2 Å². The molecule has 0 aromatic carbocycles. The molecule has 1 fully saturated rings. The van der Waals surface area contributed by atoms with E-state index in [2.05, 4.69) is 26.1 Å². The summed E-state index contributed by atoms with van der Waals surface area (Å²) in [4.78, 5) is 0. The molecule has 0 atom stereocenters. The van der Waals surface area contributed by atoms with Crippen molar-refractivity contribution in [2.45, 2.75) is 70.9 Å². The third kappa shape index (κ3) is 5.53. The van der Waals surface area contributed by atoms with Gasteiger partial charge in [0.1, 0.15) is 0 Å². The topological polar surface area (TPSA) is 21.3 Å². The second kappa shape index (κ2) is 6.49. The summed E-state index contributed by atoms with van der Waals surface area (Å²) in [6.45, 7) is 8.18. The van der Waals surface area contributed by atoms with E-state index in [1.54, 1.807) is 0 Å². The predicted octanol–water partition coefficient (Wildman–Crippen LogP) is 3.11. The molecule has 2 nitrogen and oxygen atoms in total. The van der Waals surface area contributed by atoms with Gasteiger partial charge in [0.15, 0.2) is 0 Å². The highest BCUT2D eigenvalue weighted by molar-refractivity contribution is 4.77. The van der Waals surface area contributed by atoms with Crippen LogP contribution in [0.25, 0.3) is 0 Å².